The molecule has 0 fully saturated rings. The van der Waals surface area contributed by atoms with Gasteiger partial charge in [-0.2, -0.15) is 0 Å². The molecule has 1 atom stereocenters. The van der Waals surface area contributed by atoms with Gasteiger partial charge in [-0.15, -0.1) is 0 Å². The molecule has 136 valence electrons. The quantitative estimate of drug-likeness (QED) is 0.580. The van der Waals surface area contributed by atoms with Crippen LogP contribution in [-0.4, -0.2) is 26.4 Å². The molecule has 0 bridgehead atoms. The van der Waals surface area contributed by atoms with Gasteiger partial charge in [0.15, 0.2) is 5.16 Å². The minimum Gasteiger partial charge on any atom is -0.481 e. The van der Waals surface area contributed by atoms with Crippen LogP contribution in [0.5, 0.6) is 0 Å². The molecule has 2 rings (SSSR count). The maximum atomic E-state index is 11.3. The summed E-state index contributed by atoms with van der Waals surface area (Å²) in [6.07, 6.45) is 4.93. The Morgan fingerprint density at radius 1 is 1.36 bits per heavy atom. The summed E-state index contributed by atoms with van der Waals surface area (Å²) in [5.41, 5.74) is 2.12. The number of hydrogen-bond donors (Lipinski definition) is 1. The second-order valence-corrected chi connectivity index (χ2v) is 7.51. The number of thioether (sulfide) groups is 1. The van der Waals surface area contributed by atoms with Crippen LogP contribution in [0.3, 0.4) is 0 Å². The number of benzene rings is 1. The van der Waals surface area contributed by atoms with Crippen molar-refractivity contribution in [3.63, 3.8) is 0 Å². The van der Waals surface area contributed by atoms with Gasteiger partial charge in [0.1, 0.15) is 0 Å². The number of aliphatic carboxylic acids is 1. The predicted octanol–water partition coefficient (Wildman–Crippen LogP) is 5.13. The zero-order chi connectivity index (χ0) is 18.2. The molecule has 2 aromatic rings. The molecule has 1 N–H and O–H groups in total. The molecular weight excluding hydrogens is 356 g/mol. The van der Waals surface area contributed by atoms with Crippen molar-refractivity contribution < 1.29 is 9.90 Å². The Bertz CT molecular complexity index is 702. The highest BCUT2D eigenvalue weighted by Gasteiger charge is 2.18. The molecule has 0 saturated heterocycles. The van der Waals surface area contributed by atoms with E-state index in [0.717, 1.165) is 33.6 Å². The number of carboxylic acid groups (broad SMARTS) is 1. The maximum absolute atomic E-state index is 11.3. The maximum Gasteiger partial charge on any atom is 0.306 e. The van der Waals surface area contributed by atoms with Gasteiger partial charge in [-0.25, -0.2) is 4.98 Å². The van der Waals surface area contributed by atoms with Gasteiger partial charge in [0, 0.05) is 22.7 Å². The van der Waals surface area contributed by atoms with E-state index < -0.39 is 5.97 Å². The first-order valence-electron chi connectivity index (χ1n) is 8.70. The van der Waals surface area contributed by atoms with E-state index in [1.165, 1.54) is 0 Å². The van der Waals surface area contributed by atoms with Crippen molar-refractivity contribution in [3.05, 3.63) is 46.7 Å². The summed E-state index contributed by atoms with van der Waals surface area (Å²) in [5.74, 6) is -0.0262. The van der Waals surface area contributed by atoms with Crippen molar-refractivity contribution in [2.24, 2.45) is 5.92 Å². The molecule has 0 saturated carbocycles. The molecule has 0 amide bonds. The molecule has 0 aliphatic carbocycles. The first kappa shape index (κ1) is 19.9. The molecule has 1 aromatic carbocycles. The van der Waals surface area contributed by atoms with Gasteiger partial charge in [-0.3, -0.25) is 4.79 Å². The SMILES string of the molecule is CCCSc1ncc(CCC(CC)C(=O)O)n1Cc1ccccc1Cl. The third-order valence-electron chi connectivity index (χ3n) is 4.21. The van der Waals surface area contributed by atoms with Gasteiger partial charge in [0.2, 0.25) is 0 Å². The third kappa shape index (κ3) is 5.51. The summed E-state index contributed by atoms with van der Waals surface area (Å²) in [6, 6.07) is 7.82. The summed E-state index contributed by atoms with van der Waals surface area (Å²) in [4.78, 5) is 15.8. The van der Waals surface area contributed by atoms with Gasteiger partial charge in [-0.05, 0) is 37.3 Å². The Hall–Kier alpha value is -1.46. The highest BCUT2D eigenvalue weighted by molar-refractivity contribution is 7.99. The lowest BCUT2D eigenvalue weighted by Gasteiger charge is -2.14. The van der Waals surface area contributed by atoms with Gasteiger partial charge in [0.05, 0.1) is 12.5 Å². The third-order valence-corrected chi connectivity index (χ3v) is 5.78. The van der Waals surface area contributed by atoms with Crippen LogP contribution in [0.1, 0.15) is 44.4 Å². The van der Waals surface area contributed by atoms with Crippen molar-refractivity contribution in [3.8, 4) is 0 Å². The Morgan fingerprint density at radius 2 is 2.12 bits per heavy atom. The largest absolute Gasteiger partial charge is 0.481 e. The lowest BCUT2D eigenvalue weighted by atomic mass is 9.99. The molecule has 25 heavy (non-hydrogen) atoms. The van der Waals surface area contributed by atoms with Crippen LogP contribution in [0.25, 0.3) is 0 Å². The minimum absolute atomic E-state index is 0.310. The van der Waals surface area contributed by atoms with Crippen molar-refractivity contribution in [1.29, 1.82) is 0 Å². The van der Waals surface area contributed by atoms with Gasteiger partial charge in [0.25, 0.3) is 0 Å². The molecule has 0 radical (unpaired) electrons. The molecule has 1 unspecified atom stereocenters. The molecule has 0 aliphatic rings. The smallest absolute Gasteiger partial charge is 0.306 e. The fourth-order valence-corrected chi connectivity index (χ4v) is 3.74. The first-order chi connectivity index (χ1) is 12.1. The van der Waals surface area contributed by atoms with Crippen LogP contribution in [0.4, 0.5) is 0 Å². The molecule has 4 nitrogen and oxygen atoms in total. The Morgan fingerprint density at radius 3 is 2.76 bits per heavy atom. The van der Waals surface area contributed by atoms with Crippen molar-refractivity contribution in [2.45, 2.75) is 51.2 Å². The van der Waals surface area contributed by atoms with Crippen LogP contribution in [0.15, 0.2) is 35.6 Å². The molecule has 0 spiro atoms. The lowest BCUT2D eigenvalue weighted by molar-refractivity contribution is -0.142. The monoisotopic (exact) mass is 380 g/mol. The van der Waals surface area contributed by atoms with Crippen LogP contribution in [0.2, 0.25) is 5.02 Å². The van der Waals surface area contributed by atoms with Crippen LogP contribution in [-0.2, 0) is 17.8 Å². The fraction of sp³-hybridized carbons (Fsp3) is 0.474. The van der Waals surface area contributed by atoms with Gasteiger partial charge >= 0.3 is 5.97 Å². The van der Waals surface area contributed by atoms with Crippen molar-refractivity contribution in [1.82, 2.24) is 9.55 Å². The summed E-state index contributed by atoms with van der Waals surface area (Å²) < 4.78 is 2.18. The summed E-state index contributed by atoms with van der Waals surface area (Å²) in [7, 11) is 0. The predicted molar refractivity (Wildman–Crippen MR) is 104 cm³/mol. The van der Waals surface area contributed by atoms with E-state index >= 15 is 0 Å². The van der Waals surface area contributed by atoms with E-state index in [9.17, 15) is 9.90 Å². The number of imidazole rings is 1. The number of rotatable bonds is 10. The zero-order valence-corrected chi connectivity index (χ0v) is 16.3. The standard InChI is InChI=1S/C19H25ClN2O2S/c1-3-11-25-19-21-12-16(10-9-14(4-2)18(23)24)22(19)13-15-7-5-6-8-17(15)20/h5-8,12,14H,3-4,9-11,13H2,1-2H3,(H,23,24). The highest BCUT2D eigenvalue weighted by atomic mass is 35.5. The fourth-order valence-electron chi connectivity index (χ4n) is 2.69. The Kier molecular flexibility index (Phi) is 7.85. The average Bonchev–Trinajstić information content (AvgIpc) is 2.97. The highest BCUT2D eigenvalue weighted by Crippen LogP contribution is 2.25. The average molecular weight is 381 g/mol. The van der Waals surface area contributed by atoms with E-state index in [1.807, 2.05) is 37.4 Å². The molecular formula is C19H25ClN2O2S. The van der Waals surface area contributed by atoms with Crippen molar-refractivity contribution in [2.75, 3.05) is 5.75 Å². The number of carbonyl (C=O) groups is 1. The number of nitrogens with zero attached hydrogens (tertiary/aromatic N) is 2. The normalized spacial score (nSPS) is 12.3. The molecule has 0 aliphatic heterocycles. The number of halogens is 1. The number of carboxylic acids is 1. The summed E-state index contributed by atoms with van der Waals surface area (Å²) >= 11 is 8.06. The van der Waals surface area contributed by atoms with E-state index in [-0.39, 0.29) is 5.92 Å². The molecule has 6 heteroatoms. The summed E-state index contributed by atoms with van der Waals surface area (Å²) in [5, 5.41) is 11.0. The molecule has 1 heterocycles. The second-order valence-electron chi connectivity index (χ2n) is 6.04. The minimum atomic E-state index is -0.722. The Labute approximate surface area is 158 Å². The first-order valence-corrected chi connectivity index (χ1v) is 10.1. The number of aryl methyl sites for hydroxylation is 1. The van der Waals surface area contributed by atoms with Gasteiger partial charge in [-0.1, -0.05) is 55.4 Å². The van der Waals surface area contributed by atoms with E-state index in [1.54, 1.807) is 11.8 Å². The number of aromatic nitrogens is 2. The van der Waals surface area contributed by atoms with Gasteiger partial charge < -0.3 is 9.67 Å². The van der Waals surface area contributed by atoms with Crippen LogP contribution < -0.4 is 0 Å². The second kappa shape index (κ2) is 9.88. The zero-order valence-electron chi connectivity index (χ0n) is 14.7. The van der Waals surface area contributed by atoms with E-state index in [2.05, 4.69) is 16.5 Å². The Balaban J connectivity index is 2.22. The number of hydrogen-bond acceptors (Lipinski definition) is 3. The van der Waals surface area contributed by atoms with E-state index in [4.69, 9.17) is 11.6 Å². The molecule has 1 aromatic heterocycles. The topological polar surface area (TPSA) is 55.1 Å². The van der Waals surface area contributed by atoms with E-state index in [0.29, 0.717) is 25.8 Å². The lowest BCUT2D eigenvalue weighted by Crippen LogP contribution is -2.15. The van der Waals surface area contributed by atoms with Crippen LogP contribution >= 0.6 is 23.4 Å². The van der Waals surface area contributed by atoms with Crippen molar-refractivity contribution >= 4 is 29.3 Å². The summed E-state index contributed by atoms with van der Waals surface area (Å²) in [6.45, 7) is 4.72. The van der Waals surface area contributed by atoms with Crippen LogP contribution in [0, 0.1) is 5.92 Å².